The first-order chi connectivity index (χ1) is 6.31. The standard InChI is InChI=1S/C11H14BrN/c1-13-7-9-6-11(9)8-3-2-4-10(12)5-8/h2-5,9,11,13H,6-7H2,1H3/t9-,11+/m0/s1. The van der Waals surface area contributed by atoms with Crippen LogP contribution in [0.4, 0.5) is 0 Å². The zero-order valence-electron chi connectivity index (χ0n) is 7.76. The van der Waals surface area contributed by atoms with Gasteiger partial charge in [0.15, 0.2) is 0 Å². The Labute approximate surface area is 87.7 Å². The van der Waals surface area contributed by atoms with Crippen molar-refractivity contribution in [3.8, 4) is 0 Å². The molecule has 1 saturated carbocycles. The first-order valence-electron chi connectivity index (χ1n) is 4.71. The molecule has 2 rings (SSSR count). The predicted molar refractivity (Wildman–Crippen MR) is 58.9 cm³/mol. The highest BCUT2D eigenvalue weighted by Crippen LogP contribution is 2.47. The Bertz CT molecular complexity index is 298. The minimum absolute atomic E-state index is 0.796. The molecule has 0 bridgehead atoms. The lowest BCUT2D eigenvalue weighted by Gasteiger charge is -2.00. The molecule has 0 aromatic heterocycles. The zero-order chi connectivity index (χ0) is 9.26. The lowest BCUT2D eigenvalue weighted by Crippen LogP contribution is -2.10. The minimum atomic E-state index is 0.796. The van der Waals surface area contributed by atoms with Gasteiger partial charge in [-0.3, -0.25) is 0 Å². The van der Waals surface area contributed by atoms with Gasteiger partial charge >= 0.3 is 0 Å². The Morgan fingerprint density at radius 2 is 2.38 bits per heavy atom. The monoisotopic (exact) mass is 239 g/mol. The molecule has 1 aliphatic carbocycles. The van der Waals surface area contributed by atoms with Gasteiger partial charge in [0.1, 0.15) is 0 Å². The van der Waals surface area contributed by atoms with E-state index < -0.39 is 0 Å². The average Bonchev–Trinajstić information content (AvgIpc) is 2.85. The van der Waals surface area contributed by atoms with Gasteiger partial charge in [-0.1, -0.05) is 28.1 Å². The van der Waals surface area contributed by atoms with Crippen molar-refractivity contribution in [2.75, 3.05) is 13.6 Å². The van der Waals surface area contributed by atoms with E-state index in [0.717, 1.165) is 18.4 Å². The highest BCUT2D eigenvalue weighted by atomic mass is 79.9. The van der Waals surface area contributed by atoms with Gasteiger partial charge in [0.05, 0.1) is 0 Å². The van der Waals surface area contributed by atoms with E-state index in [2.05, 4.69) is 45.5 Å². The Hall–Kier alpha value is -0.340. The third kappa shape index (κ3) is 2.12. The smallest absolute Gasteiger partial charge is 0.0178 e. The van der Waals surface area contributed by atoms with E-state index in [9.17, 15) is 0 Å². The minimum Gasteiger partial charge on any atom is -0.319 e. The third-order valence-corrected chi connectivity index (χ3v) is 3.16. The fourth-order valence-corrected chi connectivity index (χ4v) is 2.30. The molecule has 0 amide bonds. The predicted octanol–water partition coefficient (Wildman–Crippen LogP) is 2.77. The summed E-state index contributed by atoms with van der Waals surface area (Å²) in [4.78, 5) is 0. The van der Waals surface area contributed by atoms with Crippen LogP contribution in [-0.4, -0.2) is 13.6 Å². The van der Waals surface area contributed by atoms with Crippen LogP contribution in [0.3, 0.4) is 0 Å². The molecule has 2 atom stereocenters. The van der Waals surface area contributed by atoms with Crippen LogP contribution < -0.4 is 5.32 Å². The summed E-state index contributed by atoms with van der Waals surface area (Å²) < 4.78 is 1.19. The van der Waals surface area contributed by atoms with Crippen LogP contribution in [0, 0.1) is 5.92 Å². The first-order valence-corrected chi connectivity index (χ1v) is 5.50. The van der Waals surface area contributed by atoms with Crippen molar-refractivity contribution in [2.45, 2.75) is 12.3 Å². The number of hydrogen-bond acceptors (Lipinski definition) is 1. The number of nitrogens with one attached hydrogen (secondary N) is 1. The molecule has 0 saturated heterocycles. The Balaban J connectivity index is 2.03. The topological polar surface area (TPSA) is 12.0 Å². The summed E-state index contributed by atoms with van der Waals surface area (Å²) in [5.41, 5.74) is 1.48. The molecule has 1 aromatic carbocycles. The summed E-state index contributed by atoms with van der Waals surface area (Å²) in [6.45, 7) is 1.15. The van der Waals surface area contributed by atoms with Gasteiger partial charge in [-0.15, -0.1) is 0 Å². The summed E-state index contributed by atoms with van der Waals surface area (Å²) in [6.07, 6.45) is 1.34. The van der Waals surface area contributed by atoms with Crippen molar-refractivity contribution < 1.29 is 0 Å². The van der Waals surface area contributed by atoms with E-state index >= 15 is 0 Å². The molecule has 1 N–H and O–H groups in total. The molecule has 0 unspecified atom stereocenters. The molecule has 1 aromatic rings. The SMILES string of the molecule is CNC[C@@H]1C[C@@H]1c1cccc(Br)c1. The highest BCUT2D eigenvalue weighted by Gasteiger charge is 2.37. The fourth-order valence-electron chi connectivity index (χ4n) is 1.88. The lowest BCUT2D eigenvalue weighted by atomic mass is 10.1. The zero-order valence-corrected chi connectivity index (χ0v) is 9.34. The van der Waals surface area contributed by atoms with E-state index in [1.165, 1.54) is 16.5 Å². The van der Waals surface area contributed by atoms with Gasteiger partial charge in [0.2, 0.25) is 0 Å². The molecule has 0 spiro atoms. The summed E-state index contributed by atoms with van der Waals surface area (Å²) >= 11 is 3.50. The Kier molecular flexibility index (Phi) is 2.70. The summed E-state index contributed by atoms with van der Waals surface area (Å²) in [6, 6.07) is 8.67. The molecule has 1 fully saturated rings. The molecule has 1 nitrogen and oxygen atoms in total. The summed E-state index contributed by atoms with van der Waals surface area (Å²) in [7, 11) is 2.02. The highest BCUT2D eigenvalue weighted by molar-refractivity contribution is 9.10. The number of rotatable bonds is 3. The molecule has 0 heterocycles. The maximum absolute atomic E-state index is 3.50. The number of benzene rings is 1. The molecular formula is C11H14BrN. The van der Waals surface area contributed by atoms with Crippen molar-refractivity contribution in [3.05, 3.63) is 34.3 Å². The molecule has 1 aliphatic rings. The number of hydrogen-bond donors (Lipinski definition) is 1. The quantitative estimate of drug-likeness (QED) is 0.856. The van der Waals surface area contributed by atoms with Crippen LogP contribution >= 0.6 is 15.9 Å². The molecular weight excluding hydrogens is 226 g/mol. The molecule has 2 heteroatoms. The summed E-state index contributed by atoms with van der Waals surface area (Å²) in [5, 5.41) is 3.23. The lowest BCUT2D eigenvalue weighted by molar-refractivity contribution is 0.698. The second-order valence-electron chi connectivity index (χ2n) is 3.71. The molecule has 13 heavy (non-hydrogen) atoms. The van der Waals surface area contributed by atoms with E-state index in [1.54, 1.807) is 0 Å². The van der Waals surface area contributed by atoms with Gasteiger partial charge < -0.3 is 5.32 Å². The second kappa shape index (κ2) is 3.81. The largest absolute Gasteiger partial charge is 0.319 e. The maximum Gasteiger partial charge on any atom is 0.0178 e. The normalized spacial score (nSPS) is 26.0. The Morgan fingerprint density at radius 3 is 3.08 bits per heavy atom. The Morgan fingerprint density at radius 1 is 1.54 bits per heavy atom. The van der Waals surface area contributed by atoms with Gasteiger partial charge in [-0.25, -0.2) is 0 Å². The average molecular weight is 240 g/mol. The number of halogens is 1. The molecule has 0 radical (unpaired) electrons. The van der Waals surface area contributed by atoms with Gasteiger partial charge in [-0.2, -0.15) is 0 Å². The van der Waals surface area contributed by atoms with Crippen LogP contribution in [0.1, 0.15) is 17.9 Å². The van der Waals surface area contributed by atoms with E-state index in [0.29, 0.717) is 0 Å². The van der Waals surface area contributed by atoms with E-state index in [-0.39, 0.29) is 0 Å². The first kappa shape index (κ1) is 9.22. The van der Waals surface area contributed by atoms with Crippen LogP contribution in [-0.2, 0) is 0 Å². The fraction of sp³-hybridized carbons (Fsp3) is 0.455. The van der Waals surface area contributed by atoms with Crippen LogP contribution in [0.5, 0.6) is 0 Å². The summed E-state index contributed by atoms with van der Waals surface area (Å²) in [5.74, 6) is 1.66. The van der Waals surface area contributed by atoms with Crippen molar-refractivity contribution >= 4 is 15.9 Å². The van der Waals surface area contributed by atoms with Crippen LogP contribution in [0.2, 0.25) is 0 Å². The van der Waals surface area contributed by atoms with E-state index in [1.807, 2.05) is 7.05 Å². The molecule has 70 valence electrons. The van der Waals surface area contributed by atoms with Crippen LogP contribution in [0.25, 0.3) is 0 Å². The van der Waals surface area contributed by atoms with Crippen molar-refractivity contribution in [2.24, 2.45) is 5.92 Å². The van der Waals surface area contributed by atoms with Crippen LogP contribution in [0.15, 0.2) is 28.7 Å². The second-order valence-corrected chi connectivity index (χ2v) is 4.63. The van der Waals surface area contributed by atoms with Gasteiger partial charge in [0, 0.05) is 4.47 Å². The van der Waals surface area contributed by atoms with Gasteiger partial charge in [-0.05, 0) is 49.5 Å². The van der Waals surface area contributed by atoms with Gasteiger partial charge in [0.25, 0.3) is 0 Å². The van der Waals surface area contributed by atoms with Crippen molar-refractivity contribution in [1.29, 1.82) is 0 Å². The third-order valence-electron chi connectivity index (χ3n) is 2.67. The van der Waals surface area contributed by atoms with E-state index in [4.69, 9.17) is 0 Å². The van der Waals surface area contributed by atoms with Crippen molar-refractivity contribution in [1.82, 2.24) is 5.32 Å². The van der Waals surface area contributed by atoms with Crippen molar-refractivity contribution in [3.63, 3.8) is 0 Å². The maximum atomic E-state index is 3.50. The molecule has 0 aliphatic heterocycles.